The smallest absolute Gasteiger partial charge is 0.0215 e. The summed E-state index contributed by atoms with van der Waals surface area (Å²) >= 11 is 0. The molecule has 0 saturated heterocycles. The van der Waals surface area contributed by atoms with Crippen LogP contribution >= 0.6 is 0 Å². The molecule has 0 aromatic rings. The summed E-state index contributed by atoms with van der Waals surface area (Å²) in [6, 6.07) is 0. The second kappa shape index (κ2) is 3.00. The van der Waals surface area contributed by atoms with Crippen LogP contribution in [0.15, 0.2) is 0 Å². The highest BCUT2D eigenvalue weighted by Gasteiger charge is 2.57. The molecule has 2 aliphatic carbocycles. The van der Waals surface area contributed by atoms with Crippen molar-refractivity contribution in [2.75, 3.05) is 0 Å². The third-order valence-corrected chi connectivity index (χ3v) is 5.16. The number of hydrogen-bond acceptors (Lipinski definition) is 0. The molecule has 2 saturated carbocycles. The van der Waals surface area contributed by atoms with Crippen molar-refractivity contribution >= 4 is 0 Å². The monoisotopic (exact) mass is 180 g/mol. The van der Waals surface area contributed by atoms with Gasteiger partial charge in [-0.2, -0.15) is 0 Å². The number of rotatable bonds is 1. The zero-order chi connectivity index (χ0) is 9.64. The Labute approximate surface area is 83.1 Å². The largest absolute Gasteiger partial charge is 0.0625 e. The Bertz CT molecular complexity index is 184. The Balaban J connectivity index is 2.20. The van der Waals surface area contributed by atoms with Crippen molar-refractivity contribution in [3.8, 4) is 0 Å². The van der Waals surface area contributed by atoms with Gasteiger partial charge < -0.3 is 0 Å². The van der Waals surface area contributed by atoms with Gasteiger partial charge in [0.2, 0.25) is 0 Å². The van der Waals surface area contributed by atoms with Gasteiger partial charge in [0.25, 0.3) is 0 Å². The highest BCUT2D eigenvalue weighted by Crippen LogP contribution is 2.65. The first-order valence-electron chi connectivity index (χ1n) is 6.09. The van der Waals surface area contributed by atoms with Crippen molar-refractivity contribution < 1.29 is 0 Å². The van der Waals surface area contributed by atoms with Crippen molar-refractivity contribution in [1.82, 2.24) is 0 Å². The second-order valence-electron chi connectivity index (χ2n) is 5.89. The molecule has 3 unspecified atom stereocenters. The van der Waals surface area contributed by atoms with E-state index in [0.29, 0.717) is 0 Å². The highest BCUT2D eigenvalue weighted by atomic mass is 14.6. The summed E-state index contributed by atoms with van der Waals surface area (Å²) in [6.45, 7) is 9.83. The fourth-order valence-corrected chi connectivity index (χ4v) is 4.55. The molecule has 0 amide bonds. The average Bonchev–Trinajstić information content (AvgIpc) is 2.50. The van der Waals surface area contributed by atoms with Crippen molar-refractivity contribution in [2.24, 2.45) is 29.1 Å². The predicted molar refractivity (Wildman–Crippen MR) is 57.6 cm³/mol. The van der Waals surface area contributed by atoms with E-state index in [-0.39, 0.29) is 0 Å². The number of hydrogen-bond donors (Lipinski definition) is 0. The lowest BCUT2D eigenvalue weighted by Gasteiger charge is -2.57. The van der Waals surface area contributed by atoms with E-state index in [4.69, 9.17) is 0 Å². The molecule has 2 rings (SSSR count). The predicted octanol–water partition coefficient (Wildman–Crippen LogP) is 4.10. The maximum absolute atomic E-state index is 2.49. The lowest BCUT2D eigenvalue weighted by molar-refractivity contribution is -0.0814. The van der Waals surface area contributed by atoms with Crippen LogP contribution in [0.25, 0.3) is 0 Å². The van der Waals surface area contributed by atoms with Crippen LogP contribution in [0.5, 0.6) is 0 Å². The first kappa shape index (κ1) is 9.55. The van der Waals surface area contributed by atoms with Crippen LogP contribution in [0, 0.1) is 29.1 Å². The molecule has 0 aliphatic heterocycles. The summed E-state index contributed by atoms with van der Waals surface area (Å²) in [4.78, 5) is 0. The van der Waals surface area contributed by atoms with Crippen LogP contribution in [0.1, 0.15) is 53.4 Å². The van der Waals surface area contributed by atoms with E-state index in [1.54, 1.807) is 0 Å². The van der Waals surface area contributed by atoms with Gasteiger partial charge in [0.15, 0.2) is 0 Å². The summed E-state index contributed by atoms with van der Waals surface area (Å²) < 4.78 is 0. The van der Waals surface area contributed by atoms with Gasteiger partial charge in [-0.25, -0.2) is 0 Å². The molecule has 2 aliphatic rings. The molecule has 3 atom stereocenters. The molecule has 0 heteroatoms. The molecule has 0 aromatic carbocycles. The Morgan fingerprint density at radius 1 is 1.15 bits per heavy atom. The van der Waals surface area contributed by atoms with Gasteiger partial charge in [0.1, 0.15) is 0 Å². The maximum atomic E-state index is 2.49. The van der Waals surface area contributed by atoms with E-state index in [9.17, 15) is 0 Å². The van der Waals surface area contributed by atoms with E-state index in [2.05, 4.69) is 27.7 Å². The minimum atomic E-state index is 0.772. The van der Waals surface area contributed by atoms with Crippen LogP contribution in [0.3, 0.4) is 0 Å². The quantitative estimate of drug-likeness (QED) is 0.570. The van der Waals surface area contributed by atoms with Gasteiger partial charge in [-0.3, -0.25) is 0 Å². The molecule has 0 heterocycles. The Hall–Kier alpha value is 0. The van der Waals surface area contributed by atoms with E-state index in [0.717, 1.165) is 29.1 Å². The minimum Gasteiger partial charge on any atom is -0.0625 e. The van der Waals surface area contributed by atoms with Gasteiger partial charge in [0.05, 0.1) is 0 Å². The molecule has 0 aromatic heterocycles. The summed E-state index contributed by atoms with van der Waals surface area (Å²) in [5.41, 5.74) is 0.772. The Morgan fingerprint density at radius 3 is 2.15 bits per heavy atom. The van der Waals surface area contributed by atoms with E-state index < -0.39 is 0 Å². The first-order valence-corrected chi connectivity index (χ1v) is 6.09. The summed E-state index contributed by atoms with van der Waals surface area (Å²) in [5.74, 6) is 3.97. The normalized spacial score (nSPS) is 50.1. The third-order valence-electron chi connectivity index (χ3n) is 5.16. The van der Waals surface area contributed by atoms with E-state index in [1.807, 2.05) is 0 Å². The van der Waals surface area contributed by atoms with Crippen molar-refractivity contribution in [2.45, 2.75) is 53.4 Å². The molecule has 2 fully saturated rings. The van der Waals surface area contributed by atoms with Gasteiger partial charge >= 0.3 is 0 Å². The Morgan fingerprint density at radius 2 is 1.77 bits per heavy atom. The molecule has 0 bridgehead atoms. The molecule has 13 heavy (non-hydrogen) atoms. The second-order valence-corrected chi connectivity index (χ2v) is 5.89. The molecule has 1 spiro atoms. The lowest BCUT2D eigenvalue weighted by atomic mass is 9.48. The van der Waals surface area contributed by atoms with Gasteiger partial charge in [-0.05, 0) is 48.3 Å². The fourth-order valence-electron chi connectivity index (χ4n) is 4.55. The Kier molecular flexibility index (Phi) is 2.20. The topological polar surface area (TPSA) is 0 Å². The van der Waals surface area contributed by atoms with Crippen LogP contribution < -0.4 is 0 Å². The van der Waals surface area contributed by atoms with Crippen LogP contribution in [0.4, 0.5) is 0 Å². The summed E-state index contributed by atoms with van der Waals surface area (Å²) in [7, 11) is 0. The fraction of sp³-hybridized carbons (Fsp3) is 1.00. The minimum absolute atomic E-state index is 0.772. The van der Waals surface area contributed by atoms with Crippen molar-refractivity contribution in [3.05, 3.63) is 0 Å². The van der Waals surface area contributed by atoms with Crippen molar-refractivity contribution in [3.63, 3.8) is 0 Å². The van der Waals surface area contributed by atoms with Gasteiger partial charge in [-0.15, -0.1) is 0 Å². The van der Waals surface area contributed by atoms with Crippen LogP contribution in [-0.4, -0.2) is 0 Å². The van der Waals surface area contributed by atoms with Crippen LogP contribution in [-0.2, 0) is 0 Å². The SMILES string of the molecule is CC(C)C1CCCC12C(C)CC2C. The molecular formula is C13H24. The van der Waals surface area contributed by atoms with Crippen LogP contribution in [0.2, 0.25) is 0 Å². The summed E-state index contributed by atoms with van der Waals surface area (Å²) in [6.07, 6.45) is 6.02. The zero-order valence-corrected chi connectivity index (χ0v) is 9.64. The summed E-state index contributed by atoms with van der Waals surface area (Å²) in [5, 5.41) is 0. The molecule has 76 valence electrons. The van der Waals surface area contributed by atoms with E-state index >= 15 is 0 Å². The molecule has 0 N–H and O–H groups in total. The van der Waals surface area contributed by atoms with Crippen molar-refractivity contribution in [1.29, 1.82) is 0 Å². The van der Waals surface area contributed by atoms with Gasteiger partial charge in [0, 0.05) is 0 Å². The first-order chi connectivity index (χ1) is 6.09. The standard InChI is InChI=1S/C13H24/c1-9(2)12-6-5-7-13(12)10(3)8-11(13)4/h9-12H,5-8H2,1-4H3. The average molecular weight is 180 g/mol. The lowest BCUT2D eigenvalue weighted by Crippen LogP contribution is -2.50. The molecular weight excluding hydrogens is 156 g/mol. The zero-order valence-electron chi connectivity index (χ0n) is 9.64. The van der Waals surface area contributed by atoms with Gasteiger partial charge in [-0.1, -0.05) is 34.1 Å². The molecule has 0 radical (unpaired) electrons. The molecule has 0 nitrogen and oxygen atoms in total. The maximum Gasteiger partial charge on any atom is -0.0215 e. The van der Waals surface area contributed by atoms with E-state index in [1.165, 1.54) is 25.7 Å². The third kappa shape index (κ3) is 1.10. The highest BCUT2D eigenvalue weighted by molar-refractivity contribution is 5.06.